The van der Waals surface area contributed by atoms with Crippen molar-refractivity contribution < 1.29 is 9.53 Å². The van der Waals surface area contributed by atoms with Crippen molar-refractivity contribution in [2.24, 2.45) is 10.7 Å². The number of carbonyl (C=O) groups excluding carboxylic acids is 1. The van der Waals surface area contributed by atoms with Gasteiger partial charge in [-0.3, -0.25) is 9.79 Å². The molecule has 1 amide bonds. The van der Waals surface area contributed by atoms with Crippen LogP contribution < -0.4 is 10.6 Å². The third kappa shape index (κ3) is 5.22. The van der Waals surface area contributed by atoms with Crippen LogP contribution in [0.5, 0.6) is 0 Å². The Morgan fingerprint density at radius 3 is 2.48 bits per heavy atom. The minimum atomic E-state index is -0.101. The van der Waals surface area contributed by atoms with Gasteiger partial charge in [0.15, 0.2) is 0 Å². The number of anilines is 1. The van der Waals surface area contributed by atoms with Crippen LogP contribution in [-0.2, 0) is 9.53 Å². The van der Waals surface area contributed by atoms with E-state index in [0.29, 0.717) is 49.8 Å². The van der Waals surface area contributed by atoms with Gasteiger partial charge in [-0.25, -0.2) is 9.97 Å². The monoisotopic (exact) mass is 448 g/mol. The van der Waals surface area contributed by atoms with Crippen molar-refractivity contribution >= 4 is 23.3 Å². The van der Waals surface area contributed by atoms with Crippen LogP contribution in [-0.4, -0.2) is 71.9 Å². The van der Waals surface area contributed by atoms with Crippen molar-refractivity contribution in [3.63, 3.8) is 0 Å². The first-order chi connectivity index (χ1) is 15.9. The zero-order chi connectivity index (χ0) is 23.4. The molecular weight excluding hydrogens is 416 g/mol. The highest BCUT2D eigenvalue weighted by atomic mass is 16.5. The quantitative estimate of drug-likeness (QED) is 0.722. The van der Waals surface area contributed by atoms with E-state index in [1.807, 2.05) is 55.1 Å². The van der Waals surface area contributed by atoms with Crippen LogP contribution in [0.3, 0.4) is 0 Å². The minimum absolute atomic E-state index is 0.0390. The number of aryl methyl sites for hydroxylation is 2. The maximum absolute atomic E-state index is 13.9. The highest BCUT2D eigenvalue weighted by molar-refractivity contribution is 6.26. The SMILES string of the molecule is Cc1cc(C)nc(N2CC[C@@H](C)N(C(=O)/C(C3=NCCOC3)=C(/N)c3ccccc3)CC2)n1. The van der Waals surface area contributed by atoms with E-state index < -0.39 is 0 Å². The lowest BCUT2D eigenvalue weighted by Gasteiger charge is -2.29. The fourth-order valence-electron chi connectivity index (χ4n) is 4.32. The lowest BCUT2D eigenvalue weighted by Crippen LogP contribution is -2.43. The number of rotatable bonds is 4. The molecule has 0 radical (unpaired) electrons. The summed E-state index contributed by atoms with van der Waals surface area (Å²) in [5, 5.41) is 0. The van der Waals surface area contributed by atoms with Crippen molar-refractivity contribution in [1.29, 1.82) is 0 Å². The molecule has 0 saturated carbocycles. The first kappa shape index (κ1) is 22.9. The summed E-state index contributed by atoms with van der Waals surface area (Å²) in [7, 11) is 0. The second-order valence-corrected chi connectivity index (χ2v) is 8.61. The Bertz CT molecular complexity index is 1050. The number of carbonyl (C=O) groups is 1. The number of aromatic nitrogens is 2. The van der Waals surface area contributed by atoms with E-state index in [4.69, 9.17) is 10.5 Å². The van der Waals surface area contributed by atoms with E-state index in [1.165, 1.54) is 0 Å². The van der Waals surface area contributed by atoms with Gasteiger partial charge >= 0.3 is 0 Å². The summed E-state index contributed by atoms with van der Waals surface area (Å²) in [5.74, 6) is 0.620. The number of ether oxygens (including phenoxy) is 1. The molecule has 1 aromatic carbocycles. The molecule has 0 bridgehead atoms. The number of benzene rings is 1. The normalized spacial score (nSPS) is 20.1. The molecule has 2 N–H and O–H groups in total. The summed E-state index contributed by atoms with van der Waals surface area (Å²) in [4.78, 5) is 31.8. The smallest absolute Gasteiger partial charge is 0.258 e. The Balaban J connectivity index is 1.64. The van der Waals surface area contributed by atoms with Gasteiger partial charge in [-0.05, 0) is 38.8 Å². The zero-order valence-corrected chi connectivity index (χ0v) is 19.6. The molecule has 174 valence electrons. The first-order valence-electron chi connectivity index (χ1n) is 11.5. The Kier molecular flexibility index (Phi) is 7.03. The van der Waals surface area contributed by atoms with Crippen molar-refractivity contribution in [3.8, 4) is 0 Å². The fraction of sp³-hybridized carbons (Fsp3) is 0.440. The van der Waals surface area contributed by atoms with Crippen molar-refractivity contribution in [2.75, 3.05) is 44.3 Å². The van der Waals surface area contributed by atoms with Gasteiger partial charge in [-0.1, -0.05) is 30.3 Å². The lowest BCUT2D eigenvalue weighted by molar-refractivity contribution is -0.128. The molecule has 1 aromatic heterocycles. The summed E-state index contributed by atoms with van der Waals surface area (Å²) in [6, 6.07) is 11.6. The van der Waals surface area contributed by atoms with Gasteiger partial charge in [0.2, 0.25) is 5.95 Å². The second-order valence-electron chi connectivity index (χ2n) is 8.61. The average Bonchev–Trinajstić information content (AvgIpc) is 3.01. The van der Waals surface area contributed by atoms with Crippen molar-refractivity contribution in [1.82, 2.24) is 14.9 Å². The number of nitrogens with two attached hydrogens (primary N) is 1. The molecule has 0 unspecified atom stereocenters. The van der Waals surface area contributed by atoms with E-state index in [2.05, 4.69) is 26.8 Å². The maximum Gasteiger partial charge on any atom is 0.258 e. The van der Waals surface area contributed by atoms with E-state index in [-0.39, 0.29) is 11.9 Å². The van der Waals surface area contributed by atoms with Gasteiger partial charge in [0.05, 0.1) is 36.7 Å². The number of amides is 1. The number of aliphatic imine (C=N–C) groups is 1. The van der Waals surface area contributed by atoms with Crippen LogP contribution in [0, 0.1) is 13.8 Å². The largest absolute Gasteiger partial charge is 0.398 e. The topological polar surface area (TPSA) is 96.9 Å². The average molecular weight is 449 g/mol. The molecule has 1 saturated heterocycles. The van der Waals surface area contributed by atoms with Crippen LogP contribution in [0.15, 0.2) is 47.0 Å². The van der Waals surface area contributed by atoms with Gasteiger partial charge in [-0.2, -0.15) is 0 Å². The molecule has 4 rings (SSSR count). The summed E-state index contributed by atoms with van der Waals surface area (Å²) in [6.07, 6.45) is 0.809. The first-order valence-corrected chi connectivity index (χ1v) is 11.5. The molecule has 8 nitrogen and oxygen atoms in total. The van der Waals surface area contributed by atoms with Crippen molar-refractivity contribution in [3.05, 3.63) is 58.9 Å². The molecule has 1 atom stereocenters. The third-order valence-electron chi connectivity index (χ3n) is 6.11. The predicted octanol–water partition coefficient (Wildman–Crippen LogP) is 2.36. The molecule has 2 aliphatic heterocycles. The van der Waals surface area contributed by atoms with E-state index in [1.54, 1.807) is 0 Å². The molecule has 2 aromatic rings. The molecule has 33 heavy (non-hydrogen) atoms. The van der Waals surface area contributed by atoms with Crippen molar-refractivity contribution in [2.45, 2.75) is 33.2 Å². The molecule has 0 spiro atoms. The highest BCUT2D eigenvalue weighted by Crippen LogP contribution is 2.23. The molecule has 8 heteroatoms. The third-order valence-corrected chi connectivity index (χ3v) is 6.11. The number of hydrogen-bond acceptors (Lipinski definition) is 7. The van der Waals surface area contributed by atoms with Crippen LogP contribution >= 0.6 is 0 Å². The molecule has 1 fully saturated rings. The molecular formula is C25H32N6O2. The number of nitrogens with zero attached hydrogens (tertiary/aromatic N) is 5. The van der Waals surface area contributed by atoms with Gasteiger partial charge in [-0.15, -0.1) is 0 Å². The standard InChI is InChI=1S/C25H32N6O2/c1-17-15-18(2)29-25(28-17)30-11-9-19(3)31(13-12-30)24(32)22(21-16-33-14-10-27-21)23(26)20-7-5-4-6-8-20/h4-8,15,19H,9-14,16,26H2,1-3H3/b23-22+/t19-/m1/s1. The molecule has 0 aliphatic carbocycles. The zero-order valence-electron chi connectivity index (χ0n) is 19.6. The highest BCUT2D eigenvalue weighted by Gasteiger charge is 2.32. The van der Waals surface area contributed by atoms with E-state index >= 15 is 0 Å². The Labute approximate surface area is 195 Å². The van der Waals surface area contributed by atoms with Crippen LogP contribution in [0.25, 0.3) is 5.70 Å². The predicted molar refractivity (Wildman–Crippen MR) is 130 cm³/mol. The summed E-state index contributed by atoms with van der Waals surface area (Å²) in [5.41, 5.74) is 10.8. The summed E-state index contributed by atoms with van der Waals surface area (Å²) in [6.45, 7) is 9.40. The Hall–Kier alpha value is -3.26. The van der Waals surface area contributed by atoms with E-state index in [9.17, 15) is 4.79 Å². The minimum Gasteiger partial charge on any atom is -0.398 e. The van der Waals surface area contributed by atoms with Gasteiger partial charge in [0.25, 0.3) is 5.91 Å². The molecule has 2 aliphatic rings. The van der Waals surface area contributed by atoms with Gasteiger partial charge in [0, 0.05) is 37.1 Å². The summed E-state index contributed by atoms with van der Waals surface area (Å²) >= 11 is 0. The molecule has 3 heterocycles. The van der Waals surface area contributed by atoms with Gasteiger partial charge in [0.1, 0.15) is 0 Å². The van der Waals surface area contributed by atoms with Crippen LogP contribution in [0.2, 0.25) is 0 Å². The number of hydrogen-bond donors (Lipinski definition) is 1. The second kappa shape index (κ2) is 10.1. The van der Waals surface area contributed by atoms with E-state index in [0.717, 1.165) is 35.9 Å². The fourth-order valence-corrected chi connectivity index (χ4v) is 4.32. The van der Waals surface area contributed by atoms with Crippen LogP contribution in [0.4, 0.5) is 5.95 Å². The van der Waals surface area contributed by atoms with Crippen LogP contribution in [0.1, 0.15) is 30.3 Å². The maximum atomic E-state index is 13.9. The van der Waals surface area contributed by atoms with Gasteiger partial charge < -0.3 is 20.3 Å². The Morgan fingerprint density at radius 2 is 1.82 bits per heavy atom. The lowest BCUT2D eigenvalue weighted by atomic mass is 10.00. The summed E-state index contributed by atoms with van der Waals surface area (Å²) < 4.78 is 5.62. The Morgan fingerprint density at radius 1 is 1.09 bits per heavy atom.